The maximum absolute atomic E-state index is 12.6. The molecule has 0 atom stereocenters. The second-order valence-corrected chi connectivity index (χ2v) is 6.09. The second kappa shape index (κ2) is 7.82. The molecule has 0 aliphatic carbocycles. The molecule has 2 aromatic carbocycles. The standard InChI is InChI=1S/C20H21N3O3/c1-4-10-25-17-7-5-6-16(12-17)20(24)21-19-18(22-26-23-19)15-9-8-13(2)14(3)11-15/h5-9,11-12H,4,10H2,1-3H3,(H,21,23,24). The van der Waals surface area contributed by atoms with Gasteiger partial charge in [-0.1, -0.05) is 25.1 Å². The Labute approximate surface area is 152 Å². The Morgan fingerprint density at radius 1 is 1.12 bits per heavy atom. The van der Waals surface area contributed by atoms with Gasteiger partial charge in [0, 0.05) is 11.1 Å². The quantitative estimate of drug-likeness (QED) is 0.712. The van der Waals surface area contributed by atoms with Gasteiger partial charge in [0.25, 0.3) is 5.91 Å². The molecular formula is C20H21N3O3. The molecule has 1 aromatic heterocycles. The van der Waals surface area contributed by atoms with Crippen LogP contribution in [-0.2, 0) is 0 Å². The van der Waals surface area contributed by atoms with Gasteiger partial charge in [-0.25, -0.2) is 4.63 Å². The summed E-state index contributed by atoms with van der Waals surface area (Å²) in [7, 11) is 0. The Balaban J connectivity index is 1.81. The molecule has 0 radical (unpaired) electrons. The van der Waals surface area contributed by atoms with Gasteiger partial charge in [-0.3, -0.25) is 4.79 Å². The first kappa shape index (κ1) is 17.7. The topological polar surface area (TPSA) is 77.2 Å². The number of hydrogen-bond donors (Lipinski definition) is 1. The molecule has 1 amide bonds. The summed E-state index contributed by atoms with van der Waals surface area (Å²) >= 11 is 0. The number of carbonyl (C=O) groups is 1. The van der Waals surface area contributed by atoms with E-state index >= 15 is 0 Å². The normalized spacial score (nSPS) is 10.6. The summed E-state index contributed by atoms with van der Waals surface area (Å²) in [5.41, 5.74) is 4.13. The number of aryl methyl sites for hydroxylation is 2. The van der Waals surface area contributed by atoms with Gasteiger partial charge in [0.2, 0.25) is 5.82 Å². The third-order valence-corrected chi connectivity index (χ3v) is 4.07. The van der Waals surface area contributed by atoms with E-state index < -0.39 is 0 Å². The number of aromatic nitrogens is 2. The Morgan fingerprint density at radius 2 is 1.96 bits per heavy atom. The molecule has 0 bridgehead atoms. The first-order valence-electron chi connectivity index (χ1n) is 8.53. The van der Waals surface area contributed by atoms with Gasteiger partial charge in [0.15, 0.2) is 5.69 Å². The fraction of sp³-hybridized carbons (Fsp3) is 0.250. The molecule has 0 unspecified atom stereocenters. The van der Waals surface area contributed by atoms with E-state index in [1.165, 1.54) is 5.56 Å². The zero-order valence-electron chi connectivity index (χ0n) is 15.1. The van der Waals surface area contributed by atoms with Crippen LogP contribution in [0, 0.1) is 13.8 Å². The molecule has 0 aliphatic rings. The first-order chi connectivity index (χ1) is 12.6. The molecule has 0 fully saturated rings. The lowest BCUT2D eigenvalue weighted by Gasteiger charge is -2.07. The van der Waals surface area contributed by atoms with Crippen LogP contribution < -0.4 is 10.1 Å². The van der Waals surface area contributed by atoms with Gasteiger partial charge in [-0.15, -0.1) is 0 Å². The molecule has 6 nitrogen and oxygen atoms in total. The minimum Gasteiger partial charge on any atom is -0.494 e. The second-order valence-electron chi connectivity index (χ2n) is 6.09. The van der Waals surface area contributed by atoms with Crippen molar-refractivity contribution < 1.29 is 14.2 Å². The summed E-state index contributed by atoms with van der Waals surface area (Å²) in [4.78, 5) is 12.6. The number of benzene rings is 2. The highest BCUT2D eigenvalue weighted by molar-refractivity contribution is 6.05. The van der Waals surface area contributed by atoms with E-state index in [9.17, 15) is 4.79 Å². The number of amides is 1. The largest absolute Gasteiger partial charge is 0.494 e. The zero-order valence-corrected chi connectivity index (χ0v) is 15.1. The Kier molecular flexibility index (Phi) is 5.31. The number of rotatable bonds is 6. The van der Waals surface area contributed by atoms with Crippen LogP contribution in [0.15, 0.2) is 47.1 Å². The summed E-state index contributed by atoms with van der Waals surface area (Å²) in [5.74, 6) is 0.651. The molecule has 3 rings (SSSR count). The summed E-state index contributed by atoms with van der Waals surface area (Å²) in [6.45, 7) is 6.69. The molecule has 3 aromatic rings. The minimum atomic E-state index is -0.298. The lowest BCUT2D eigenvalue weighted by Crippen LogP contribution is -2.13. The van der Waals surface area contributed by atoms with Gasteiger partial charge in [-0.05, 0) is 66.0 Å². The third kappa shape index (κ3) is 3.91. The highest BCUT2D eigenvalue weighted by Crippen LogP contribution is 2.26. The number of nitrogens with one attached hydrogen (secondary N) is 1. The van der Waals surface area contributed by atoms with E-state index in [0.29, 0.717) is 23.6 Å². The molecular weight excluding hydrogens is 330 g/mol. The van der Waals surface area contributed by atoms with E-state index in [0.717, 1.165) is 17.5 Å². The molecule has 0 saturated carbocycles. The van der Waals surface area contributed by atoms with Crippen molar-refractivity contribution in [3.63, 3.8) is 0 Å². The van der Waals surface area contributed by atoms with Gasteiger partial charge in [0.1, 0.15) is 5.75 Å². The van der Waals surface area contributed by atoms with Crippen molar-refractivity contribution in [2.45, 2.75) is 27.2 Å². The van der Waals surface area contributed by atoms with E-state index in [4.69, 9.17) is 9.37 Å². The number of carbonyl (C=O) groups excluding carboxylic acids is 1. The summed E-state index contributed by atoms with van der Waals surface area (Å²) in [6.07, 6.45) is 0.903. The average Bonchev–Trinajstić information content (AvgIpc) is 3.10. The van der Waals surface area contributed by atoms with Gasteiger partial charge >= 0.3 is 0 Å². The molecule has 0 saturated heterocycles. The van der Waals surface area contributed by atoms with Crippen LogP contribution >= 0.6 is 0 Å². The van der Waals surface area contributed by atoms with Crippen LogP contribution in [0.3, 0.4) is 0 Å². The Morgan fingerprint density at radius 3 is 2.73 bits per heavy atom. The fourth-order valence-corrected chi connectivity index (χ4v) is 2.48. The maximum Gasteiger partial charge on any atom is 0.257 e. The van der Waals surface area contributed by atoms with Crippen LogP contribution in [0.4, 0.5) is 5.82 Å². The predicted octanol–water partition coefficient (Wildman–Crippen LogP) is 4.39. The van der Waals surface area contributed by atoms with Crippen LogP contribution in [0.2, 0.25) is 0 Å². The summed E-state index contributed by atoms with van der Waals surface area (Å²) in [6, 6.07) is 12.9. The number of hydrogen-bond acceptors (Lipinski definition) is 5. The molecule has 1 heterocycles. The number of anilines is 1. The van der Waals surface area contributed by atoms with Crippen molar-refractivity contribution in [2.75, 3.05) is 11.9 Å². The molecule has 26 heavy (non-hydrogen) atoms. The van der Waals surface area contributed by atoms with E-state index in [2.05, 4.69) is 15.6 Å². The van der Waals surface area contributed by atoms with Gasteiger partial charge in [-0.2, -0.15) is 0 Å². The Bertz CT molecular complexity index is 918. The summed E-state index contributed by atoms with van der Waals surface area (Å²) < 4.78 is 10.4. The summed E-state index contributed by atoms with van der Waals surface area (Å²) in [5, 5.41) is 10.5. The van der Waals surface area contributed by atoms with E-state index in [1.807, 2.05) is 45.0 Å². The highest BCUT2D eigenvalue weighted by Gasteiger charge is 2.17. The third-order valence-electron chi connectivity index (χ3n) is 4.07. The van der Waals surface area contributed by atoms with Crippen molar-refractivity contribution in [3.05, 3.63) is 59.2 Å². The number of nitrogens with zero attached hydrogens (tertiary/aromatic N) is 2. The van der Waals surface area contributed by atoms with Crippen molar-refractivity contribution >= 4 is 11.7 Å². The fourth-order valence-electron chi connectivity index (χ4n) is 2.48. The van der Waals surface area contributed by atoms with Crippen molar-refractivity contribution in [2.24, 2.45) is 0 Å². The molecule has 1 N–H and O–H groups in total. The smallest absolute Gasteiger partial charge is 0.257 e. The van der Waals surface area contributed by atoms with Crippen molar-refractivity contribution in [1.82, 2.24) is 10.3 Å². The van der Waals surface area contributed by atoms with Crippen LogP contribution in [0.1, 0.15) is 34.8 Å². The van der Waals surface area contributed by atoms with Crippen molar-refractivity contribution in [3.8, 4) is 17.0 Å². The predicted molar refractivity (Wildman–Crippen MR) is 99.4 cm³/mol. The molecule has 0 spiro atoms. The highest BCUT2D eigenvalue weighted by atomic mass is 16.6. The maximum atomic E-state index is 12.6. The molecule has 134 valence electrons. The van der Waals surface area contributed by atoms with Crippen molar-refractivity contribution in [1.29, 1.82) is 0 Å². The van der Waals surface area contributed by atoms with Crippen LogP contribution in [0.5, 0.6) is 5.75 Å². The van der Waals surface area contributed by atoms with E-state index in [-0.39, 0.29) is 11.7 Å². The SMILES string of the molecule is CCCOc1cccc(C(=O)Nc2nonc2-c2ccc(C)c(C)c2)c1. The number of ether oxygens (including phenoxy) is 1. The lowest BCUT2D eigenvalue weighted by atomic mass is 10.0. The Hall–Kier alpha value is -3.15. The average molecular weight is 351 g/mol. The molecule has 0 aliphatic heterocycles. The lowest BCUT2D eigenvalue weighted by molar-refractivity contribution is 0.102. The molecule has 6 heteroatoms. The first-order valence-corrected chi connectivity index (χ1v) is 8.53. The monoisotopic (exact) mass is 351 g/mol. The van der Waals surface area contributed by atoms with E-state index in [1.54, 1.807) is 18.2 Å². The van der Waals surface area contributed by atoms with Gasteiger partial charge < -0.3 is 10.1 Å². The van der Waals surface area contributed by atoms with Crippen LogP contribution in [0.25, 0.3) is 11.3 Å². The van der Waals surface area contributed by atoms with Gasteiger partial charge in [0.05, 0.1) is 6.61 Å². The minimum absolute atomic E-state index is 0.290. The van der Waals surface area contributed by atoms with Crippen LogP contribution in [-0.4, -0.2) is 22.8 Å². The zero-order chi connectivity index (χ0) is 18.5.